The zero-order chi connectivity index (χ0) is 13.0. The van der Waals surface area contributed by atoms with Gasteiger partial charge in [-0.25, -0.2) is 4.39 Å². The third-order valence-electron chi connectivity index (χ3n) is 3.56. The lowest BCUT2D eigenvalue weighted by atomic mass is 10.0. The van der Waals surface area contributed by atoms with Crippen LogP contribution in [0.1, 0.15) is 30.9 Å². The molecule has 18 heavy (non-hydrogen) atoms. The van der Waals surface area contributed by atoms with Crippen molar-refractivity contribution >= 4 is 0 Å². The summed E-state index contributed by atoms with van der Waals surface area (Å²) in [7, 11) is 1.55. The fraction of sp³-hybridized carbons (Fsp3) is 0.571. The molecule has 1 unspecified atom stereocenters. The fourth-order valence-corrected chi connectivity index (χ4v) is 2.53. The van der Waals surface area contributed by atoms with Crippen molar-refractivity contribution in [2.45, 2.75) is 25.3 Å². The summed E-state index contributed by atoms with van der Waals surface area (Å²) in [6.45, 7) is 3.21. The van der Waals surface area contributed by atoms with Gasteiger partial charge in [-0.3, -0.25) is 0 Å². The first-order valence-electron chi connectivity index (χ1n) is 6.52. The molecular formula is C14H21FN2O. The van der Waals surface area contributed by atoms with Crippen LogP contribution in [0.2, 0.25) is 0 Å². The number of nitrogens with zero attached hydrogens (tertiary/aromatic N) is 1. The molecule has 4 heteroatoms. The molecule has 0 aromatic heterocycles. The van der Waals surface area contributed by atoms with Gasteiger partial charge in [0, 0.05) is 11.6 Å². The van der Waals surface area contributed by atoms with Crippen LogP contribution in [-0.4, -0.2) is 31.6 Å². The fourth-order valence-electron chi connectivity index (χ4n) is 2.53. The van der Waals surface area contributed by atoms with Crippen molar-refractivity contribution in [2.24, 2.45) is 5.73 Å². The number of hydrogen-bond donors (Lipinski definition) is 1. The summed E-state index contributed by atoms with van der Waals surface area (Å²) < 4.78 is 19.0. The second kappa shape index (κ2) is 6.16. The zero-order valence-corrected chi connectivity index (χ0v) is 10.9. The van der Waals surface area contributed by atoms with Crippen LogP contribution in [0.4, 0.5) is 4.39 Å². The van der Waals surface area contributed by atoms with Crippen LogP contribution in [0, 0.1) is 5.82 Å². The summed E-state index contributed by atoms with van der Waals surface area (Å²) in [6, 6.07) is 4.54. The van der Waals surface area contributed by atoms with Gasteiger partial charge in [-0.15, -0.1) is 0 Å². The van der Waals surface area contributed by atoms with E-state index in [2.05, 4.69) is 4.90 Å². The van der Waals surface area contributed by atoms with Crippen LogP contribution < -0.4 is 10.5 Å². The Balaban J connectivity index is 2.01. The molecule has 0 radical (unpaired) electrons. The standard InChI is InChI=1S/C14H21FN2O/c1-18-13-6-4-5-11(15)14(13)12(16)7-10-17-8-2-3-9-17/h4-6,12H,2-3,7-10,16H2,1H3. The second-order valence-corrected chi connectivity index (χ2v) is 4.80. The zero-order valence-electron chi connectivity index (χ0n) is 10.9. The minimum Gasteiger partial charge on any atom is -0.496 e. The number of nitrogens with two attached hydrogens (primary N) is 1. The second-order valence-electron chi connectivity index (χ2n) is 4.80. The van der Waals surface area contributed by atoms with Crippen molar-refractivity contribution in [1.29, 1.82) is 0 Å². The van der Waals surface area contributed by atoms with Gasteiger partial charge in [-0.05, 0) is 51.0 Å². The maximum absolute atomic E-state index is 13.8. The van der Waals surface area contributed by atoms with Gasteiger partial charge < -0.3 is 15.4 Å². The van der Waals surface area contributed by atoms with Gasteiger partial charge in [0.1, 0.15) is 11.6 Å². The van der Waals surface area contributed by atoms with Gasteiger partial charge in [0.2, 0.25) is 0 Å². The highest BCUT2D eigenvalue weighted by atomic mass is 19.1. The summed E-state index contributed by atoms with van der Waals surface area (Å²) in [5, 5.41) is 0. The van der Waals surface area contributed by atoms with E-state index in [1.807, 2.05) is 0 Å². The smallest absolute Gasteiger partial charge is 0.131 e. The number of benzene rings is 1. The molecule has 0 bridgehead atoms. The molecule has 2 rings (SSSR count). The molecule has 1 fully saturated rings. The van der Waals surface area contributed by atoms with Gasteiger partial charge in [-0.1, -0.05) is 6.07 Å². The Hall–Kier alpha value is -1.13. The summed E-state index contributed by atoms with van der Waals surface area (Å²) in [5.74, 6) is 0.271. The molecule has 100 valence electrons. The Labute approximate surface area is 108 Å². The van der Waals surface area contributed by atoms with E-state index in [0.29, 0.717) is 11.3 Å². The minimum atomic E-state index is -0.304. The van der Waals surface area contributed by atoms with Crippen LogP contribution in [0.15, 0.2) is 18.2 Å². The summed E-state index contributed by atoms with van der Waals surface area (Å²) in [6.07, 6.45) is 3.29. The lowest BCUT2D eigenvalue weighted by Crippen LogP contribution is -2.25. The van der Waals surface area contributed by atoms with E-state index in [9.17, 15) is 4.39 Å². The molecule has 0 spiro atoms. The van der Waals surface area contributed by atoms with Gasteiger partial charge in [-0.2, -0.15) is 0 Å². The Morgan fingerprint density at radius 3 is 2.78 bits per heavy atom. The van der Waals surface area contributed by atoms with Gasteiger partial charge in [0.05, 0.1) is 7.11 Å². The number of methoxy groups -OCH3 is 1. The number of rotatable bonds is 5. The van der Waals surface area contributed by atoms with Crippen LogP contribution >= 0.6 is 0 Å². The molecule has 0 aliphatic carbocycles. The molecule has 1 aromatic rings. The quantitative estimate of drug-likeness (QED) is 0.874. The Bertz CT molecular complexity index is 391. The summed E-state index contributed by atoms with van der Waals surface area (Å²) in [5.41, 5.74) is 6.60. The van der Waals surface area contributed by atoms with Crippen LogP contribution in [0.5, 0.6) is 5.75 Å². The third kappa shape index (κ3) is 3.00. The lowest BCUT2D eigenvalue weighted by molar-refractivity contribution is 0.318. The van der Waals surface area contributed by atoms with Crippen molar-refractivity contribution in [2.75, 3.05) is 26.7 Å². The Morgan fingerprint density at radius 1 is 1.39 bits per heavy atom. The van der Waals surface area contributed by atoms with Gasteiger partial charge in [0.15, 0.2) is 0 Å². The van der Waals surface area contributed by atoms with Crippen LogP contribution in [0.3, 0.4) is 0 Å². The summed E-state index contributed by atoms with van der Waals surface area (Å²) >= 11 is 0. The largest absolute Gasteiger partial charge is 0.496 e. The first kappa shape index (κ1) is 13.3. The van der Waals surface area contributed by atoms with E-state index in [4.69, 9.17) is 10.5 Å². The lowest BCUT2D eigenvalue weighted by Gasteiger charge is -2.20. The van der Waals surface area contributed by atoms with Crippen LogP contribution in [0.25, 0.3) is 0 Å². The molecule has 1 atom stereocenters. The average Bonchev–Trinajstić information content (AvgIpc) is 2.88. The number of hydrogen-bond acceptors (Lipinski definition) is 3. The molecule has 0 amide bonds. The van der Waals surface area contributed by atoms with Gasteiger partial charge >= 0.3 is 0 Å². The first-order chi connectivity index (χ1) is 8.72. The highest BCUT2D eigenvalue weighted by molar-refractivity contribution is 5.37. The Morgan fingerprint density at radius 2 is 2.11 bits per heavy atom. The van der Waals surface area contributed by atoms with Crippen molar-refractivity contribution in [3.05, 3.63) is 29.6 Å². The van der Waals surface area contributed by atoms with Crippen molar-refractivity contribution < 1.29 is 9.13 Å². The maximum Gasteiger partial charge on any atom is 0.131 e. The average molecular weight is 252 g/mol. The molecule has 1 heterocycles. The van der Waals surface area contributed by atoms with E-state index >= 15 is 0 Å². The molecule has 3 nitrogen and oxygen atoms in total. The van der Waals surface area contributed by atoms with E-state index in [0.717, 1.165) is 26.1 Å². The van der Waals surface area contributed by atoms with E-state index in [1.54, 1.807) is 19.2 Å². The monoisotopic (exact) mass is 252 g/mol. The number of ether oxygens (including phenoxy) is 1. The molecule has 1 aromatic carbocycles. The minimum absolute atomic E-state index is 0.275. The van der Waals surface area contributed by atoms with E-state index < -0.39 is 0 Å². The van der Waals surface area contributed by atoms with E-state index in [-0.39, 0.29) is 11.9 Å². The third-order valence-corrected chi connectivity index (χ3v) is 3.56. The number of halogens is 1. The molecule has 1 aliphatic rings. The van der Waals surface area contributed by atoms with Crippen molar-refractivity contribution in [1.82, 2.24) is 4.90 Å². The van der Waals surface area contributed by atoms with Crippen molar-refractivity contribution in [3.8, 4) is 5.75 Å². The predicted octanol–water partition coefficient (Wildman–Crippen LogP) is 2.32. The molecular weight excluding hydrogens is 231 g/mol. The predicted molar refractivity (Wildman–Crippen MR) is 70.2 cm³/mol. The maximum atomic E-state index is 13.8. The van der Waals surface area contributed by atoms with Crippen LogP contribution in [-0.2, 0) is 0 Å². The molecule has 1 saturated heterocycles. The highest BCUT2D eigenvalue weighted by Gasteiger charge is 2.19. The SMILES string of the molecule is COc1cccc(F)c1C(N)CCN1CCCC1. The number of likely N-dealkylation sites (tertiary alicyclic amines) is 1. The molecule has 1 aliphatic heterocycles. The highest BCUT2D eigenvalue weighted by Crippen LogP contribution is 2.28. The Kier molecular flexibility index (Phi) is 4.55. The molecule has 0 saturated carbocycles. The van der Waals surface area contributed by atoms with Gasteiger partial charge in [0.25, 0.3) is 0 Å². The van der Waals surface area contributed by atoms with Crippen molar-refractivity contribution in [3.63, 3.8) is 0 Å². The summed E-state index contributed by atoms with van der Waals surface area (Å²) in [4.78, 5) is 2.38. The first-order valence-corrected chi connectivity index (χ1v) is 6.52. The van der Waals surface area contributed by atoms with E-state index in [1.165, 1.54) is 18.9 Å². The normalized spacial score (nSPS) is 17.9. The topological polar surface area (TPSA) is 38.5 Å². The molecule has 2 N–H and O–H groups in total.